The molecule has 0 fully saturated rings. The van der Waals surface area contributed by atoms with Crippen LogP contribution in [0.3, 0.4) is 0 Å². The molecule has 0 radical (unpaired) electrons. The van der Waals surface area contributed by atoms with Crippen LogP contribution in [0.1, 0.15) is 33.5 Å². The molecule has 1 rings (SSSR count). The first-order valence-electron chi connectivity index (χ1n) is 6.72. The fourth-order valence-corrected chi connectivity index (χ4v) is 2.06. The molecule has 1 atom stereocenters. The molecule has 0 saturated carbocycles. The summed E-state index contributed by atoms with van der Waals surface area (Å²) in [6, 6.07) is 0.493. The van der Waals surface area contributed by atoms with Crippen LogP contribution < -0.4 is 5.32 Å². The lowest BCUT2D eigenvalue weighted by atomic mass is 9.86. The number of hydrogen-bond donors (Lipinski definition) is 1. The van der Waals surface area contributed by atoms with Crippen molar-refractivity contribution in [2.75, 3.05) is 20.1 Å². The van der Waals surface area contributed by atoms with Crippen LogP contribution in [0.25, 0.3) is 0 Å². The Morgan fingerprint density at radius 3 is 2.56 bits per heavy atom. The summed E-state index contributed by atoms with van der Waals surface area (Å²) in [6.45, 7) is 12.0. The van der Waals surface area contributed by atoms with Gasteiger partial charge in [0.25, 0.3) is 0 Å². The first-order chi connectivity index (χ1) is 8.34. The Hall–Kier alpha value is -0.870. The van der Waals surface area contributed by atoms with E-state index in [1.807, 2.05) is 19.4 Å². The molecular weight excluding hydrogens is 224 g/mol. The van der Waals surface area contributed by atoms with E-state index in [0.717, 1.165) is 25.5 Å². The summed E-state index contributed by atoms with van der Waals surface area (Å²) in [5, 5.41) is 3.58. The lowest BCUT2D eigenvalue weighted by Gasteiger charge is -2.34. The van der Waals surface area contributed by atoms with E-state index in [1.54, 1.807) is 0 Å². The fraction of sp³-hybridized carbons (Fsp3) is 0.786. The Labute approximate surface area is 111 Å². The number of aromatic nitrogens is 2. The third-order valence-corrected chi connectivity index (χ3v) is 3.32. The molecule has 1 N–H and O–H groups in total. The van der Waals surface area contributed by atoms with Gasteiger partial charge in [-0.25, -0.2) is 4.98 Å². The van der Waals surface area contributed by atoms with Crippen molar-refractivity contribution in [2.24, 2.45) is 12.5 Å². The number of nitrogens with zero attached hydrogens (tertiary/aromatic N) is 3. The van der Waals surface area contributed by atoms with E-state index in [1.165, 1.54) is 0 Å². The highest BCUT2D eigenvalue weighted by atomic mass is 15.2. The molecule has 0 aliphatic heterocycles. The van der Waals surface area contributed by atoms with E-state index in [9.17, 15) is 0 Å². The number of nitrogens with one attached hydrogen (secondary N) is 1. The summed E-state index contributed by atoms with van der Waals surface area (Å²) in [5.41, 5.74) is 0.270. The minimum absolute atomic E-state index is 0.270. The summed E-state index contributed by atoms with van der Waals surface area (Å²) in [4.78, 5) is 6.71. The summed E-state index contributed by atoms with van der Waals surface area (Å²) >= 11 is 0. The number of aryl methyl sites for hydroxylation is 1. The maximum atomic E-state index is 4.37. The molecule has 0 amide bonds. The number of hydrogen-bond acceptors (Lipinski definition) is 3. The Kier molecular flexibility index (Phi) is 5.35. The second-order valence-corrected chi connectivity index (χ2v) is 6.13. The zero-order chi connectivity index (χ0) is 13.8. The molecule has 1 aromatic heterocycles. The van der Waals surface area contributed by atoms with Crippen molar-refractivity contribution in [2.45, 2.75) is 40.3 Å². The largest absolute Gasteiger partial charge is 0.337 e. The smallest absolute Gasteiger partial charge is 0.122 e. The Bertz CT molecular complexity index is 351. The highest BCUT2D eigenvalue weighted by molar-refractivity contribution is 4.91. The van der Waals surface area contributed by atoms with Gasteiger partial charge in [0.1, 0.15) is 5.82 Å². The average molecular weight is 252 g/mol. The third-order valence-electron chi connectivity index (χ3n) is 3.32. The molecule has 4 heteroatoms. The fourth-order valence-electron chi connectivity index (χ4n) is 2.06. The van der Waals surface area contributed by atoms with Gasteiger partial charge in [-0.15, -0.1) is 0 Å². The van der Waals surface area contributed by atoms with Gasteiger partial charge in [0, 0.05) is 32.0 Å². The zero-order valence-corrected chi connectivity index (χ0v) is 12.7. The normalized spacial score (nSPS) is 14.2. The van der Waals surface area contributed by atoms with Gasteiger partial charge in [-0.1, -0.05) is 27.7 Å². The lowest BCUT2D eigenvalue weighted by Crippen LogP contribution is -2.47. The van der Waals surface area contributed by atoms with Crippen molar-refractivity contribution in [3.8, 4) is 0 Å². The highest BCUT2D eigenvalue weighted by Crippen LogP contribution is 2.20. The quantitative estimate of drug-likeness (QED) is 0.839. The molecular formula is C14H28N4. The molecule has 0 aromatic carbocycles. The molecule has 0 saturated heterocycles. The van der Waals surface area contributed by atoms with Gasteiger partial charge in [0.2, 0.25) is 0 Å². The molecule has 1 unspecified atom stereocenters. The maximum absolute atomic E-state index is 4.37. The van der Waals surface area contributed by atoms with E-state index >= 15 is 0 Å². The molecule has 4 nitrogen and oxygen atoms in total. The van der Waals surface area contributed by atoms with E-state index in [-0.39, 0.29) is 5.41 Å². The first-order valence-corrected chi connectivity index (χ1v) is 6.72. The number of likely N-dealkylation sites (N-methyl/N-ethyl adjacent to an activating group) is 2. The zero-order valence-electron chi connectivity index (χ0n) is 12.7. The molecule has 18 heavy (non-hydrogen) atoms. The van der Waals surface area contributed by atoms with Crippen LogP contribution in [0, 0.1) is 5.41 Å². The van der Waals surface area contributed by atoms with Crippen molar-refractivity contribution in [3.63, 3.8) is 0 Å². The Morgan fingerprint density at radius 2 is 2.11 bits per heavy atom. The van der Waals surface area contributed by atoms with Crippen molar-refractivity contribution in [1.82, 2.24) is 19.8 Å². The van der Waals surface area contributed by atoms with E-state index in [0.29, 0.717) is 6.04 Å². The number of rotatable bonds is 6. The van der Waals surface area contributed by atoms with Crippen LogP contribution in [0.15, 0.2) is 12.4 Å². The minimum Gasteiger partial charge on any atom is -0.337 e. The van der Waals surface area contributed by atoms with Crippen LogP contribution in [-0.4, -0.2) is 40.6 Å². The van der Waals surface area contributed by atoms with Gasteiger partial charge in [0.15, 0.2) is 0 Å². The molecule has 0 spiro atoms. The summed E-state index contributed by atoms with van der Waals surface area (Å²) in [5.74, 6) is 1.11. The lowest BCUT2D eigenvalue weighted by molar-refractivity contribution is 0.189. The van der Waals surface area contributed by atoms with Crippen molar-refractivity contribution < 1.29 is 0 Å². The average Bonchev–Trinajstić information content (AvgIpc) is 2.62. The van der Waals surface area contributed by atoms with Crippen molar-refractivity contribution in [1.29, 1.82) is 0 Å². The molecule has 0 aliphatic carbocycles. The van der Waals surface area contributed by atoms with Crippen LogP contribution in [0.5, 0.6) is 0 Å². The third kappa shape index (κ3) is 4.42. The van der Waals surface area contributed by atoms with Gasteiger partial charge in [-0.3, -0.25) is 4.90 Å². The van der Waals surface area contributed by atoms with Gasteiger partial charge >= 0.3 is 0 Å². The first kappa shape index (κ1) is 15.2. The van der Waals surface area contributed by atoms with E-state index < -0.39 is 0 Å². The molecule has 1 heterocycles. The van der Waals surface area contributed by atoms with E-state index in [2.05, 4.69) is 54.5 Å². The molecule has 104 valence electrons. The number of imidazole rings is 1. The van der Waals surface area contributed by atoms with Gasteiger partial charge in [0.05, 0.1) is 6.54 Å². The molecule has 0 aliphatic rings. The summed E-state index contributed by atoms with van der Waals surface area (Å²) < 4.78 is 2.08. The van der Waals surface area contributed by atoms with E-state index in [4.69, 9.17) is 0 Å². The van der Waals surface area contributed by atoms with Crippen LogP contribution in [-0.2, 0) is 13.6 Å². The second-order valence-electron chi connectivity index (χ2n) is 6.13. The summed E-state index contributed by atoms with van der Waals surface area (Å²) in [7, 11) is 4.20. The maximum Gasteiger partial charge on any atom is 0.122 e. The van der Waals surface area contributed by atoms with Crippen molar-refractivity contribution in [3.05, 3.63) is 18.2 Å². The summed E-state index contributed by atoms with van der Waals surface area (Å²) in [6.07, 6.45) is 3.85. The van der Waals surface area contributed by atoms with Crippen LogP contribution in [0.2, 0.25) is 0 Å². The van der Waals surface area contributed by atoms with Crippen LogP contribution in [0.4, 0.5) is 0 Å². The standard InChI is InChI=1S/C14H28N4/c1-7-15-12(14(2,3)4)10-17(5)11-13-16-8-9-18(13)6/h8-9,12,15H,7,10-11H2,1-6H3. The Balaban J connectivity index is 2.56. The monoisotopic (exact) mass is 252 g/mol. The SMILES string of the molecule is CCNC(CN(C)Cc1nccn1C)C(C)(C)C. The van der Waals surface area contributed by atoms with Gasteiger partial charge < -0.3 is 9.88 Å². The van der Waals surface area contributed by atoms with Gasteiger partial charge in [-0.05, 0) is 19.0 Å². The topological polar surface area (TPSA) is 33.1 Å². The Morgan fingerprint density at radius 1 is 1.44 bits per heavy atom. The highest BCUT2D eigenvalue weighted by Gasteiger charge is 2.25. The molecule has 0 bridgehead atoms. The van der Waals surface area contributed by atoms with Gasteiger partial charge in [-0.2, -0.15) is 0 Å². The van der Waals surface area contributed by atoms with Crippen LogP contribution >= 0.6 is 0 Å². The van der Waals surface area contributed by atoms with Crippen molar-refractivity contribution >= 4 is 0 Å². The minimum atomic E-state index is 0.270. The second kappa shape index (κ2) is 6.34. The predicted octanol–water partition coefficient (Wildman–Crippen LogP) is 1.88. The molecule has 1 aromatic rings. The predicted molar refractivity (Wildman–Crippen MR) is 76.5 cm³/mol.